The van der Waals surface area contributed by atoms with E-state index in [1.165, 1.54) is 44.6 Å². The maximum Gasteiger partial charge on any atom is 0.337 e. The number of ether oxygens (including phenoxy) is 2. The molecule has 1 amide bonds. The fourth-order valence-electron chi connectivity index (χ4n) is 5.55. The summed E-state index contributed by atoms with van der Waals surface area (Å²) in [5.41, 5.74) is 1.21. The van der Waals surface area contributed by atoms with E-state index in [1.807, 2.05) is 11.0 Å². The number of anilines is 2. The molecule has 12 heteroatoms. The molecular formula is C28H26N4O8. The number of nitro benzene ring substituents is 1. The normalized spacial score (nSPS) is 17.4. The number of nitrogens with zero attached hydrogens (tertiary/aromatic N) is 3. The van der Waals surface area contributed by atoms with Crippen molar-refractivity contribution in [3.05, 3.63) is 97.4 Å². The lowest BCUT2D eigenvalue weighted by Gasteiger charge is -2.43. The molecule has 1 saturated heterocycles. The molecule has 3 heterocycles. The third kappa shape index (κ3) is 5.03. The van der Waals surface area contributed by atoms with Crippen molar-refractivity contribution < 1.29 is 28.8 Å². The number of esters is 2. The van der Waals surface area contributed by atoms with Crippen molar-refractivity contribution >= 4 is 34.9 Å². The Labute approximate surface area is 228 Å². The molecule has 2 aromatic carbocycles. The van der Waals surface area contributed by atoms with Gasteiger partial charge < -0.3 is 24.3 Å². The highest BCUT2D eigenvalue weighted by atomic mass is 16.6. The van der Waals surface area contributed by atoms with E-state index in [0.29, 0.717) is 25.3 Å². The molecule has 0 aliphatic carbocycles. The molecular weight excluding hydrogens is 520 g/mol. The third-order valence-electron chi connectivity index (χ3n) is 7.29. The average molecular weight is 547 g/mol. The minimum atomic E-state index is -0.722. The summed E-state index contributed by atoms with van der Waals surface area (Å²) in [5.74, 6) is -1.91. The fraction of sp³-hybridized carbons (Fsp3) is 0.286. The van der Waals surface area contributed by atoms with Crippen LogP contribution in [0.2, 0.25) is 0 Å². The summed E-state index contributed by atoms with van der Waals surface area (Å²) in [4.78, 5) is 63.1. The van der Waals surface area contributed by atoms with Crippen LogP contribution in [0.25, 0.3) is 0 Å². The molecule has 2 aliphatic rings. The summed E-state index contributed by atoms with van der Waals surface area (Å²) < 4.78 is 11.2. The van der Waals surface area contributed by atoms with Gasteiger partial charge in [-0.3, -0.25) is 19.7 Å². The van der Waals surface area contributed by atoms with E-state index >= 15 is 0 Å². The van der Waals surface area contributed by atoms with Crippen molar-refractivity contribution in [3.8, 4) is 0 Å². The summed E-state index contributed by atoms with van der Waals surface area (Å²) >= 11 is 0. The summed E-state index contributed by atoms with van der Waals surface area (Å²) in [5, 5.41) is 14.7. The summed E-state index contributed by atoms with van der Waals surface area (Å²) in [6.07, 6.45) is 0.895. The zero-order valence-electron chi connectivity index (χ0n) is 21.8. The van der Waals surface area contributed by atoms with Crippen LogP contribution in [-0.2, 0) is 16.0 Å². The average Bonchev–Trinajstić information content (AvgIpc) is 2.96. The van der Waals surface area contributed by atoms with Crippen LogP contribution < -0.4 is 15.8 Å². The molecule has 5 rings (SSSR count). The topological polar surface area (TPSA) is 150 Å². The van der Waals surface area contributed by atoms with Crippen molar-refractivity contribution in [3.63, 3.8) is 0 Å². The molecule has 3 aromatic rings. The molecule has 2 bridgehead atoms. The third-order valence-corrected chi connectivity index (χ3v) is 7.29. The number of fused-ring (bicyclic) bond motifs is 4. The van der Waals surface area contributed by atoms with Crippen LogP contribution in [0.4, 0.5) is 17.1 Å². The number of aromatic nitrogens is 1. The van der Waals surface area contributed by atoms with Crippen LogP contribution >= 0.6 is 0 Å². The van der Waals surface area contributed by atoms with Gasteiger partial charge in [0.25, 0.3) is 17.2 Å². The van der Waals surface area contributed by atoms with E-state index < -0.39 is 22.8 Å². The Morgan fingerprint density at radius 3 is 2.27 bits per heavy atom. The zero-order valence-corrected chi connectivity index (χ0v) is 21.8. The second-order valence-corrected chi connectivity index (χ2v) is 9.80. The van der Waals surface area contributed by atoms with Crippen molar-refractivity contribution in [1.29, 1.82) is 0 Å². The molecule has 1 fully saturated rings. The SMILES string of the molecule is COC(=O)c1cc(NC(=O)c2ccc(N3CC4CC(C3)c3cccc(=O)n3C4)c([N+](=O)[O-])c2)cc(C(=O)OC)c1. The molecule has 0 saturated carbocycles. The predicted molar refractivity (Wildman–Crippen MR) is 144 cm³/mol. The van der Waals surface area contributed by atoms with E-state index in [0.717, 1.165) is 12.1 Å². The first-order chi connectivity index (χ1) is 19.2. The molecule has 2 unspecified atom stereocenters. The minimum Gasteiger partial charge on any atom is -0.465 e. The first-order valence-electron chi connectivity index (χ1n) is 12.5. The van der Waals surface area contributed by atoms with Gasteiger partial charge in [-0.05, 0) is 48.7 Å². The maximum absolute atomic E-state index is 13.1. The van der Waals surface area contributed by atoms with Crippen LogP contribution in [0.3, 0.4) is 0 Å². The molecule has 2 atom stereocenters. The number of amides is 1. The van der Waals surface area contributed by atoms with Gasteiger partial charge >= 0.3 is 11.9 Å². The van der Waals surface area contributed by atoms with Gasteiger partial charge in [0.1, 0.15) is 5.69 Å². The molecule has 40 heavy (non-hydrogen) atoms. The van der Waals surface area contributed by atoms with E-state index in [1.54, 1.807) is 22.8 Å². The Morgan fingerprint density at radius 1 is 0.925 bits per heavy atom. The number of nitrogens with one attached hydrogen (secondary N) is 1. The first kappa shape index (κ1) is 26.6. The fourth-order valence-corrected chi connectivity index (χ4v) is 5.55. The number of hydrogen-bond acceptors (Lipinski definition) is 9. The lowest BCUT2D eigenvalue weighted by atomic mass is 9.83. The number of nitro groups is 1. The van der Waals surface area contributed by atoms with Crippen molar-refractivity contribution in [1.82, 2.24) is 4.57 Å². The van der Waals surface area contributed by atoms with E-state index in [-0.39, 0.29) is 45.5 Å². The minimum absolute atomic E-state index is 0.0153. The number of pyridine rings is 1. The largest absolute Gasteiger partial charge is 0.465 e. The zero-order chi connectivity index (χ0) is 28.6. The Bertz CT molecular complexity index is 1560. The quantitative estimate of drug-likeness (QED) is 0.279. The Kier molecular flexibility index (Phi) is 7.07. The van der Waals surface area contributed by atoms with Crippen molar-refractivity contribution in [2.24, 2.45) is 5.92 Å². The molecule has 2 aliphatic heterocycles. The summed E-state index contributed by atoms with van der Waals surface area (Å²) in [6, 6.07) is 13.4. The van der Waals surface area contributed by atoms with Gasteiger partial charge in [0.05, 0.1) is 30.3 Å². The van der Waals surface area contributed by atoms with Crippen LogP contribution in [0, 0.1) is 16.0 Å². The number of hydrogen-bond donors (Lipinski definition) is 1. The number of benzene rings is 2. The summed E-state index contributed by atoms with van der Waals surface area (Å²) in [7, 11) is 2.36. The predicted octanol–water partition coefficient (Wildman–Crippen LogP) is 3.21. The molecule has 1 aromatic heterocycles. The van der Waals surface area contributed by atoms with Gasteiger partial charge in [0.2, 0.25) is 0 Å². The van der Waals surface area contributed by atoms with Crippen molar-refractivity contribution in [2.75, 3.05) is 37.5 Å². The standard InChI is InChI=1S/C28H26N4O8/c1-39-27(35)18-9-19(28(36)40-2)11-21(10-18)29-26(34)17-6-7-23(24(12-17)32(37)38)30-13-16-8-20(15-30)22-4-3-5-25(33)31(22)14-16/h3-7,9-12,16,20H,8,13-15H2,1-2H3,(H,29,34). The van der Waals surface area contributed by atoms with Gasteiger partial charge in [-0.15, -0.1) is 0 Å². The van der Waals surface area contributed by atoms with E-state index in [2.05, 4.69) is 5.32 Å². The van der Waals surface area contributed by atoms with Crippen molar-refractivity contribution in [2.45, 2.75) is 18.9 Å². The number of methoxy groups -OCH3 is 2. The Balaban J connectivity index is 1.42. The van der Waals surface area contributed by atoms with Crippen LogP contribution in [-0.4, -0.2) is 54.6 Å². The smallest absolute Gasteiger partial charge is 0.337 e. The number of carbonyl (C=O) groups is 3. The molecule has 206 valence electrons. The highest BCUT2D eigenvalue weighted by Crippen LogP contribution is 2.39. The Morgan fingerprint density at radius 2 is 1.62 bits per heavy atom. The van der Waals surface area contributed by atoms with Crippen LogP contribution in [0.15, 0.2) is 59.4 Å². The highest BCUT2D eigenvalue weighted by molar-refractivity contribution is 6.06. The van der Waals surface area contributed by atoms with Crippen LogP contribution in [0.1, 0.15) is 49.1 Å². The number of carbonyl (C=O) groups excluding carboxylic acids is 3. The molecule has 0 spiro atoms. The van der Waals surface area contributed by atoms with Gasteiger partial charge in [0, 0.05) is 54.6 Å². The Hall–Kier alpha value is -5.00. The summed E-state index contributed by atoms with van der Waals surface area (Å²) in [6.45, 7) is 1.59. The lowest BCUT2D eigenvalue weighted by molar-refractivity contribution is -0.384. The highest BCUT2D eigenvalue weighted by Gasteiger charge is 2.36. The van der Waals surface area contributed by atoms with Gasteiger partial charge in [-0.2, -0.15) is 0 Å². The lowest BCUT2D eigenvalue weighted by Crippen LogP contribution is -2.47. The molecule has 1 N–H and O–H groups in total. The monoisotopic (exact) mass is 546 g/mol. The second-order valence-electron chi connectivity index (χ2n) is 9.80. The number of rotatable bonds is 6. The maximum atomic E-state index is 13.1. The van der Waals surface area contributed by atoms with E-state index in [4.69, 9.17) is 9.47 Å². The van der Waals surface area contributed by atoms with Gasteiger partial charge in [-0.1, -0.05) is 6.07 Å². The first-order valence-corrected chi connectivity index (χ1v) is 12.5. The van der Waals surface area contributed by atoms with Crippen LogP contribution in [0.5, 0.6) is 0 Å². The second kappa shape index (κ2) is 10.6. The molecule has 0 radical (unpaired) electrons. The van der Waals surface area contributed by atoms with Gasteiger partial charge in [-0.25, -0.2) is 9.59 Å². The van der Waals surface area contributed by atoms with E-state index in [9.17, 15) is 29.3 Å². The van der Waals surface area contributed by atoms with Gasteiger partial charge in [0.15, 0.2) is 0 Å². The molecule has 12 nitrogen and oxygen atoms in total. The number of piperidine rings is 1.